The molecule has 0 spiro atoms. The number of rotatable bonds is 6. The van der Waals surface area contributed by atoms with Crippen LogP contribution in [0.5, 0.6) is 5.75 Å². The Labute approximate surface area is 130 Å². The summed E-state index contributed by atoms with van der Waals surface area (Å²) in [5, 5.41) is 2.76. The maximum absolute atomic E-state index is 12.3. The van der Waals surface area contributed by atoms with Crippen LogP contribution in [0.25, 0.3) is 0 Å². The third-order valence-electron chi connectivity index (χ3n) is 3.67. The highest BCUT2D eigenvalue weighted by molar-refractivity contribution is 5.89. The molecule has 1 saturated heterocycles. The lowest BCUT2D eigenvalue weighted by Gasteiger charge is -2.17. The van der Waals surface area contributed by atoms with E-state index >= 15 is 0 Å². The van der Waals surface area contributed by atoms with Gasteiger partial charge in [0.1, 0.15) is 11.8 Å². The molecule has 120 valence electrons. The van der Waals surface area contributed by atoms with Crippen LogP contribution in [0.15, 0.2) is 24.3 Å². The fraction of sp³-hybridized carbons (Fsp3) is 0.500. The molecule has 2 amide bonds. The van der Waals surface area contributed by atoms with Gasteiger partial charge in [-0.05, 0) is 31.0 Å². The standard InChI is InChI=1S/C16H23N3O3/c1-11(17)9-15(20)18-14-7-8-19(16(14)21)10-12-3-5-13(22-2)6-4-12/h3-6,11,14H,7-10,17H2,1-2H3,(H,18,20). The molecule has 2 atom stereocenters. The molecule has 6 nitrogen and oxygen atoms in total. The molecule has 22 heavy (non-hydrogen) atoms. The Hall–Kier alpha value is -2.08. The first-order valence-electron chi connectivity index (χ1n) is 7.46. The summed E-state index contributed by atoms with van der Waals surface area (Å²) in [6.45, 7) is 2.96. The first-order chi connectivity index (χ1) is 10.5. The number of ether oxygens (including phenoxy) is 1. The van der Waals surface area contributed by atoms with Crippen molar-refractivity contribution in [1.29, 1.82) is 0 Å². The lowest BCUT2D eigenvalue weighted by atomic mass is 10.2. The molecule has 1 heterocycles. The third-order valence-corrected chi connectivity index (χ3v) is 3.67. The fourth-order valence-electron chi connectivity index (χ4n) is 2.53. The molecule has 1 aliphatic rings. The van der Waals surface area contributed by atoms with E-state index in [1.54, 1.807) is 18.9 Å². The number of carbonyl (C=O) groups is 2. The van der Waals surface area contributed by atoms with E-state index in [9.17, 15) is 9.59 Å². The van der Waals surface area contributed by atoms with Crippen molar-refractivity contribution in [1.82, 2.24) is 10.2 Å². The predicted octanol–water partition coefficient (Wildman–Crippen LogP) is 0.650. The smallest absolute Gasteiger partial charge is 0.245 e. The Morgan fingerprint density at radius 3 is 2.73 bits per heavy atom. The molecule has 6 heteroatoms. The van der Waals surface area contributed by atoms with Gasteiger partial charge >= 0.3 is 0 Å². The predicted molar refractivity (Wildman–Crippen MR) is 83.2 cm³/mol. The van der Waals surface area contributed by atoms with Crippen molar-refractivity contribution < 1.29 is 14.3 Å². The molecule has 2 rings (SSSR count). The SMILES string of the molecule is COc1ccc(CN2CCC(NC(=O)CC(C)N)C2=O)cc1. The highest BCUT2D eigenvalue weighted by Crippen LogP contribution is 2.17. The monoisotopic (exact) mass is 305 g/mol. The van der Waals surface area contributed by atoms with Crippen molar-refractivity contribution >= 4 is 11.8 Å². The van der Waals surface area contributed by atoms with E-state index in [0.717, 1.165) is 11.3 Å². The Balaban J connectivity index is 1.89. The van der Waals surface area contributed by atoms with Crippen LogP contribution in [-0.4, -0.2) is 42.5 Å². The largest absolute Gasteiger partial charge is 0.497 e. The highest BCUT2D eigenvalue weighted by atomic mass is 16.5. The van der Waals surface area contributed by atoms with Gasteiger partial charge in [0.2, 0.25) is 11.8 Å². The molecule has 0 aliphatic carbocycles. The highest BCUT2D eigenvalue weighted by Gasteiger charge is 2.32. The molecule has 1 aromatic carbocycles. The molecule has 1 aromatic rings. The van der Waals surface area contributed by atoms with Crippen molar-refractivity contribution in [2.45, 2.75) is 38.4 Å². The van der Waals surface area contributed by atoms with E-state index < -0.39 is 6.04 Å². The number of carbonyl (C=O) groups excluding carboxylic acids is 2. The van der Waals surface area contributed by atoms with Crippen LogP contribution in [0.4, 0.5) is 0 Å². The van der Waals surface area contributed by atoms with Gasteiger partial charge < -0.3 is 20.7 Å². The minimum Gasteiger partial charge on any atom is -0.497 e. The summed E-state index contributed by atoms with van der Waals surface area (Å²) in [5.74, 6) is 0.589. The van der Waals surface area contributed by atoms with E-state index in [1.165, 1.54) is 0 Å². The zero-order valence-corrected chi connectivity index (χ0v) is 13.0. The quantitative estimate of drug-likeness (QED) is 0.808. The maximum atomic E-state index is 12.3. The lowest BCUT2D eigenvalue weighted by Crippen LogP contribution is -2.42. The third kappa shape index (κ3) is 4.21. The summed E-state index contributed by atoms with van der Waals surface area (Å²) in [6.07, 6.45) is 0.877. The number of amides is 2. The first-order valence-corrected chi connectivity index (χ1v) is 7.46. The van der Waals surface area contributed by atoms with Gasteiger partial charge in [0.05, 0.1) is 7.11 Å². The number of benzene rings is 1. The van der Waals surface area contributed by atoms with E-state index in [0.29, 0.717) is 19.5 Å². The molecular formula is C16H23N3O3. The van der Waals surface area contributed by atoms with Gasteiger partial charge in [-0.3, -0.25) is 9.59 Å². The number of hydrogen-bond donors (Lipinski definition) is 2. The topological polar surface area (TPSA) is 84.7 Å². The maximum Gasteiger partial charge on any atom is 0.245 e. The van der Waals surface area contributed by atoms with Gasteiger partial charge in [0, 0.05) is 25.6 Å². The second-order valence-electron chi connectivity index (χ2n) is 5.70. The number of methoxy groups -OCH3 is 1. The van der Waals surface area contributed by atoms with E-state index in [4.69, 9.17) is 10.5 Å². The summed E-state index contributed by atoms with van der Waals surface area (Å²) in [6, 6.07) is 6.99. The summed E-state index contributed by atoms with van der Waals surface area (Å²) >= 11 is 0. The first kappa shape index (κ1) is 16.3. The van der Waals surface area contributed by atoms with E-state index in [1.807, 2.05) is 24.3 Å². The normalized spacial score (nSPS) is 19.1. The second-order valence-corrected chi connectivity index (χ2v) is 5.70. The number of hydrogen-bond acceptors (Lipinski definition) is 4. The van der Waals surface area contributed by atoms with Gasteiger partial charge in [-0.2, -0.15) is 0 Å². The van der Waals surface area contributed by atoms with Crippen LogP contribution in [0.2, 0.25) is 0 Å². The van der Waals surface area contributed by atoms with Gasteiger partial charge in [-0.15, -0.1) is 0 Å². The van der Waals surface area contributed by atoms with Crippen LogP contribution >= 0.6 is 0 Å². The zero-order valence-electron chi connectivity index (χ0n) is 13.0. The van der Waals surface area contributed by atoms with Crippen molar-refractivity contribution in [3.63, 3.8) is 0 Å². The van der Waals surface area contributed by atoms with E-state index in [2.05, 4.69) is 5.32 Å². The van der Waals surface area contributed by atoms with Crippen molar-refractivity contribution in [2.24, 2.45) is 5.73 Å². The van der Waals surface area contributed by atoms with Gasteiger partial charge in [0.25, 0.3) is 0 Å². The Morgan fingerprint density at radius 1 is 1.45 bits per heavy atom. The zero-order chi connectivity index (χ0) is 16.1. The summed E-state index contributed by atoms with van der Waals surface area (Å²) in [4.78, 5) is 25.8. The number of nitrogens with two attached hydrogens (primary N) is 1. The number of nitrogens with zero attached hydrogens (tertiary/aromatic N) is 1. The molecule has 0 bridgehead atoms. The van der Waals surface area contributed by atoms with E-state index in [-0.39, 0.29) is 24.3 Å². The van der Waals surface area contributed by atoms with Gasteiger partial charge in [-0.25, -0.2) is 0 Å². The van der Waals surface area contributed by atoms with Crippen LogP contribution in [-0.2, 0) is 16.1 Å². The van der Waals surface area contributed by atoms with Crippen LogP contribution in [0, 0.1) is 0 Å². The molecule has 0 aromatic heterocycles. The van der Waals surface area contributed by atoms with Crippen molar-refractivity contribution in [3.05, 3.63) is 29.8 Å². The fourth-order valence-corrected chi connectivity index (χ4v) is 2.53. The molecule has 0 radical (unpaired) electrons. The summed E-state index contributed by atoms with van der Waals surface area (Å²) < 4.78 is 5.11. The molecule has 1 aliphatic heterocycles. The average Bonchev–Trinajstić information content (AvgIpc) is 2.80. The molecule has 2 unspecified atom stereocenters. The Kier molecular flexibility index (Phi) is 5.38. The summed E-state index contributed by atoms with van der Waals surface area (Å²) in [7, 11) is 1.62. The molecule has 1 fully saturated rings. The molecule has 0 saturated carbocycles. The molecular weight excluding hydrogens is 282 g/mol. The number of nitrogens with one attached hydrogen (secondary N) is 1. The molecule has 3 N–H and O–H groups in total. The Morgan fingerprint density at radius 2 is 2.14 bits per heavy atom. The van der Waals surface area contributed by atoms with Crippen LogP contribution in [0.3, 0.4) is 0 Å². The van der Waals surface area contributed by atoms with Gasteiger partial charge in [0.15, 0.2) is 0 Å². The lowest BCUT2D eigenvalue weighted by molar-refractivity contribution is -0.133. The van der Waals surface area contributed by atoms with Gasteiger partial charge in [-0.1, -0.05) is 12.1 Å². The summed E-state index contributed by atoms with van der Waals surface area (Å²) in [5.41, 5.74) is 6.63. The van der Waals surface area contributed by atoms with Crippen molar-refractivity contribution in [2.75, 3.05) is 13.7 Å². The minimum absolute atomic E-state index is 0.0335. The van der Waals surface area contributed by atoms with Crippen LogP contribution < -0.4 is 15.8 Å². The number of likely N-dealkylation sites (tertiary alicyclic amines) is 1. The van der Waals surface area contributed by atoms with Crippen molar-refractivity contribution in [3.8, 4) is 5.75 Å². The second kappa shape index (κ2) is 7.26. The minimum atomic E-state index is -0.426. The van der Waals surface area contributed by atoms with Crippen LogP contribution in [0.1, 0.15) is 25.3 Å². The Bertz CT molecular complexity index is 528. The average molecular weight is 305 g/mol.